The smallest absolute Gasteiger partial charge is 0.123 e. The Labute approximate surface area is 113 Å². The van der Waals surface area contributed by atoms with Gasteiger partial charge >= 0.3 is 0 Å². The standard InChI is InChI=1S/C15H19N3O/c1-11-6-7-13(15(9-11)19-2)14(18-16)10-12-5-3-4-8-17-12/h3-9,14,18H,10,16H2,1-2H3. The second-order valence-corrected chi connectivity index (χ2v) is 4.49. The van der Waals surface area contributed by atoms with E-state index in [1.165, 1.54) is 0 Å². The molecule has 19 heavy (non-hydrogen) atoms. The molecule has 0 aliphatic heterocycles. The first-order valence-corrected chi connectivity index (χ1v) is 6.25. The molecule has 100 valence electrons. The summed E-state index contributed by atoms with van der Waals surface area (Å²) >= 11 is 0. The molecular weight excluding hydrogens is 238 g/mol. The molecule has 1 unspecified atom stereocenters. The molecule has 0 spiro atoms. The van der Waals surface area contributed by atoms with Crippen molar-refractivity contribution in [2.45, 2.75) is 19.4 Å². The number of aromatic nitrogens is 1. The van der Waals surface area contributed by atoms with Gasteiger partial charge in [-0.2, -0.15) is 0 Å². The highest BCUT2D eigenvalue weighted by Gasteiger charge is 2.16. The number of hydrazine groups is 1. The molecule has 0 bridgehead atoms. The van der Waals surface area contributed by atoms with Crippen LogP contribution in [0.3, 0.4) is 0 Å². The number of methoxy groups -OCH3 is 1. The number of rotatable bonds is 5. The van der Waals surface area contributed by atoms with Crippen LogP contribution >= 0.6 is 0 Å². The molecule has 0 radical (unpaired) electrons. The Morgan fingerprint density at radius 3 is 2.79 bits per heavy atom. The van der Waals surface area contributed by atoms with Crippen LogP contribution in [-0.2, 0) is 6.42 Å². The maximum atomic E-state index is 5.68. The molecule has 3 N–H and O–H groups in total. The van der Waals surface area contributed by atoms with Gasteiger partial charge in [0, 0.05) is 23.9 Å². The average molecular weight is 257 g/mol. The summed E-state index contributed by atoms with van der Waals surface area (Å²) in [5.74, 6) is 6.53. The van der Waals surface area contributed by atoms with Crippen molar-refractivity contribution in [3.8, 4) is 5.75 Å². The van der Waals surface area contributed by atoms with Crippen LogP contribution in [0.4, 0.5) is 0 Å². The quantitative estimate of drug-likeness (QED) is 0.636. The summed E-state index contributed by atoms with van der Waals surface area (Å²) in [6.07, 6.45) is 2.51. The lowest BCUT2D eigenvalue weighted by molar-refractivity contribution is 0.398. The number of hydrogen-bond acceptors (Lipinski definition) is 4. The Bertz CT molecular complexity index is 528. The molecule has 1 aromatic carbocycles. The fraction of sp³-hybridized carbons (Fsp3) is 0.267. The zero-order valence-corrected chi connectivity index (χ0v) is 11.3. The summed E-state index contributed by atoms with van der Waals surface area (Å²) < 4.78 is 5.43. The number of nitrogens with zero attached hydrogens (tertiary/aromatic N) is 1. The highest BCUT2D eigenvalue weighted by atomic mass is 16.5. The Kier molecular flexibility index (Phi) is 4.49. The van der Waals surface area contributed by atoms with Gasteiger partial charge < -0.3 is 4.74 Å². The Hall–Kier alpha value is -1.91. The summed E-state index contributed by atoms with van der Waals surface area (Å²) in [5, 5.41) is 0. The third kappa shape index (κ3) is 3.30. The van der Waals surface area contributed by atoms with E-state index < -0.39 is 0 Å². The molecular formula is C15H19N3O. The number of benzene rings is 1. The molecule has 0 aliphatic carbocycles. The molecule has 0 aliphatic rings. The normalized spacial score (nSPS) is 12.2. The number of pyridine rings is 1. The van der Waals surface area contributed by atoms with E-state index in [9.17, 15) is 0 Å². The van der Waals surface area contributed by atoms with Crippen LogP contribution in [0.2, 0.25) is 0 Å². The van der Waals surface area contributed by atoms with Crippen molar-refractivity contribution in [1.82, 2.24) is 10.4 Å². The van der Waals surface area contributed by atoms with E-state index in [1.54, 1.807) is 13.3 Å². The molecule has 2 rings (SSSR count). The number of nitrogens with two attached hydrogens (primary N) is 1. The zero-order valence-electron chi connectivity index (χ0n) is 11.3. The van der Waals surface area contributed by atoms with Crippen LogP contribution in [0.25, 0.3) is 0 Å². The van der Waals surface area contributed by atoms with Crippen molar-refractivity contribution in [3.05, 3.63) is 59.4 Å². The van der Waals surface area contributed by atoms with Gasteiger partial charge in [0.25, 0.3) is 0 Å². The monoisotopic (exact) mass is 257 g/mol. The lowest BCUT2D eigenvalue weighted by Crippen LogP contribution is -2.30. The van der Waals surface area contributed by atoms with Crippen molar-refractivity contribution in [1.29, 1.82) is 0 Å². The molecule has 4 heteroatoms. The fourth-order valence-electron chi connectivity index (χ4n) is 2.09. The van der Waals surface area contributed by atoms with Gasteiger partial charge in [0.2, 0.25) is 0 Å². The van der Waals surface area contributed by atoms with Crippen molar-refractivity contribution < 1.29 is 4.74 Å². The van der Waals surface area contributed by atoms with Gasteiger partial charge in [-0.15, -0.1) is 0 Å². The molecule has 0 saturated heterocycles. The van der Waals surface area contributed by atoms with Gasteiger partial charge in [-0.3, -0.25) is 16.3 Å². The van der Waals surface area contributed by atoms with Crippen molar-refractivity contribution >= 4 is 0 Å². The molecule has 0 amide bonds. The highest BCUT2D eigenvalue weighted by Crippen LogP contribution is 2.27. The number of aryl methyl sites for hydroxylation is 1. The average Bonchev–Trinajstić information content (AvgIpc) is 2.46. The van der Waals surface area contributed by atoms with Gasteiger partial charge in [-0.25, -0.2) is 0 Å². The van der Waals surface area contributed by atoms with Gasteiger partial charge in [0.1, 0.15) is 5.75 Å². The van der Waals surface area contributed by atoms with Crippen LogP contribution in [0.1, 0.15) is 22.9 Å². The first kappa shape index (κ1) is 13.5. The van der Waals surface area contributed by atoms with E-state index in [-0.39, 0.29) is 6.04 Å². The maximum absolute atomic E-state index is 5.68. The maximum Gasteiger partial charge on any atom is 0.123 e. The van der Waals surface area contributed by atoms with E-state index in [2.05, 4.69) is 16.5 Å². The van der Waals surface area contributed by atoms with Crippen molar-refractivity contribution in [3.63, 3.8) is 0 Å². The van der Waals surface area contributed by atoms with E-state index in [4.69, 9.17) is 10.6 Å². The van der Waals surface area contributed by atoms with Crippen LogP contribution < -0.4 is 16.0 Å². The predicted molar refractivity (Wildman–Crippen MR) is 75.7 cm³/mol. The lowest BCUT2D eigenvalue weighted by atomic mass is 10.00. The summed E-state index contributed by atoms with van der Waals surface area (Å²) in [5.41, 5.74) is 6.04. The Morgan fingerprint density at radius 2 is 2.16 bits per heavy atom. The third-order valence-corrected chi connectivity index (χ3v) is 3.10. The lowest BCUT2D eigenvalue weighted by Gasteiger charge is -2.19. The summed E-state index contributed by atoms with van der Waals surface area (Å²) in [6.45, 7) is 2.04. The molecule has 1 aromatic heterocycles. The molecule has 4 nitrogen and oxygen atoms in total. The van der Waals surface area contributed by atoms with Gasteiger partial charge in [-0.1, -0.05) is 18.2 Å². The molecule has 1 atom stereocenters. The molecule has 1 heterocycles. The molecule has 2 aromatic rings. The van der Waals surface area contributed by atoms with Gasteiger partial charge in [0.05, 0.1) is 13.2 Å². The van der Waals surface area contributed by atoms with Crippen molar-refractivity contribution in [2.75, 3.05) is 7.11 Å². The first-order valence-electron chi connectivity index (χ1n) is 6.25. The fourth-order valence-corrected chi connectivity index (χ4v) is 2.09. The summed E-state index contributed by atoms with van der Waals surface area (Å²) in [7, 11) is 1.67. The molecule has 0 saturated carbocycles. The van der Waals surface area contributed by atoms with Gasteiger partial charge in [0.15, 0.2) is 0 Å². The van der Waals surface area contributed by atoms with Crippen LogP contribution in [0, 0.1) is 6.92 Å². The Morgan fingerprint density at radius 1 is 1.32 bits per heavy atom. The van der Waals surface area contributed by atoms with Gasteiger partial charge in [-0.05, 0) is 30.7 Å². The topological polar surface area (TPSA) is 60.2 Å². The van der Waals surface area contributed by atoms with Crippen LogP contribution in [-0.4, -0.2) is 12.1 Å². The van der Waals surface area contributed by atoms with E-state index in [0.717, 1.165) is 29.0 Å². The van der Waals surface area contributed by atoms with E-state index >= 15 is 0 Å². The highest BCUT2D eigenvalue weighted by molar-refractivity contribution is 5.39. The minimum absolute atomic E-state index is 0.0227. The number of hydrogen-bond donors (Lipinski definition) is 2. The van der Waals surface area contributed by atoms with E-state index in [0.29, 0.717) is 0 Å². The van der Waals surface area contributed by atoms with E-state index in [1.807, 2.05) is 37.3 Å². The largest absolute Gasteiger partial charge is 0.496 e. The second kappa shape index (κ2) is 6.31. The summed E-state index contributed by atoms with van der Waals surface area (Å²) in [6, 6.07) is 12.0. The van der Waals surface area contributed by atoms with Crippen molar-refractivity contribution in [2.24, 2.45) is 5.84 Å². The zero-order chi connectivity index (χ0) is 13.7. The predicted octanol–water partition coefficient (Wildman–Crippen LogP) is 2.15. The minimum Gasteiger partial charge on any atom is -0.496 e. The molecule has 0 fully saturated rings. The number of nitrogens with one attached hydrogen (secondary N) is 1. The number of ether oxygens (including phenoxy) is 1. The third-order valence-electron chi connectivity index (χ3n) is 3.10. The van der Waals surface area contributed by atoms with Crippen LogP contribution in [0.5, 0.6) is 5.75 Å². The summed E-state index contributed by atoms with van der Waals surface area (Å²) in [4.78, 5) is 4.33. The minimum atomic E-state index is -0.0227. The Balaban J connectivity index is 2.27. The van der Waals surface area contributed by atoms with Crippen LogP contribution in [0.15, 0.2) is 42.6 Å². The SMILES string of the molecule is COc1cc(C)ccc1C(Cc1ccccn1)NN. The first-order chi connectivity index (χ1) is 9.24. The second-order valence-electron chi connectivity index (χ2n) is 4.49.